The molecule has 0 N–H and O–H groups in total. The van der Waals surface area contributed by atoms with Crippen LogP contribution in [0.4, 0.5) is 11.4 Å². The van der Waals surface area contributed by atoms with Crippen LogP contribution in [0.15, 0.2) is 84.9 Å². The van der Waals surface area contributed by atoms with Gasteiger partial charge in [0, 0.05) is 10.8 Å². The summed E-state index contributed by atoms with van der Waals surface area (Å²) >= 11 is 10.0. The van der Waals surface area contributed by atoms with E-state index in [0.29, 0.717) is 4.32 Å². The van der Waals surface area contributed by atoms with Crippen molar-refractivity contribution in [1.82, 2.24) is 0 Å². The summed E-state index contributed by atoms with van der Waals surface area (Å²) in [6, 6.07) is 29.2. The molecule has 0 atom stereocenters. The number of hydrogen-bond acceptors (Lipinski definition) is 1. The molecule has 4 aromatic rings. The van der Waals surface area contributed by atoms with Gasteiger partial charge in [0.25, 0.3) is 0 Å². The molecule has 0 amide bonds. The first-order valence-electron chi connectivity index (χ1n) is 7.74. The maximum atomic E-state index is 5.50. The molecule has 0 aromatic heterocycles. The Bertz CT molecular complexity index is 982. The molecule has 0 saturated heterocycles. The average molecular weight is 372 g/mol. The van der Waals surface area contributed by atoms with E-state index in [1.165, 1.54) is 10.8 Å². The van der Waals surface area contributed by atoms with Crippen LogP contribution >= 0.6 is 24.8 Å². The van der Waals surface area contributed by atoms with E-state index in [-0.39, 0.29) is 25.9 Å². The number of anilines is 2. The van der Waals surface area contributed by atoms with Crippen molar-refractivity contribution in [2.75, 3.05) is 4.90 Å². The number of thiol groups is 1. The number of hydrogen-bond donors (Lipinski definition) is 1. The third-order valence-electron chi connectivity index (χ3n) is 4.21. The van der Waals surface area contributed by atoms with E-state index in [4.69, 9.17) is 12.2 Å². The molecular weight excluding hydrogens is 355 g/mol. The minimum absolute atomic E-state index is 0. The predicted octanol–water partition coefficient (Wildman–Crippen LogP) is 6.19. The Morgan fingerprint density at radius 1 is 0.680 bits per heavy atom. The summed E-state index contributed by atoms with van der Waals surface area (Å²) in [5.74, 6) is 0. The van der Waals surface area contributed by atoms with Crippen molar-refractivity contribution < 1.29 is 2.85 Å². The quantitative estimate of drug-likeness (QED) is 0.254. The number of thiocarbonyl (C=S) groups is 1. The Morgan fingerprint density at radius 3 is 1.52 bits per heavy atom. The fourth-order valence-electron chi connectivity index (χ4n) is 3.14. The van der Waals surface area contributed by atoms with Gasteiger partial charge in [-0.1, -0.05) is 85.0 Å². The molecule has 0 heterocycles. The van der Waals surface area contributed by atoms with Crippen molar-refractivity contribution in [2.45, 2.75) is 0 Å². The van der Waals surface area contributed by atoms with Gasteiger partial charge in [0.05, 0.1) is 11.4 Å². The normalized spacial score (nSPS) is 10.4. The fourth-order valence-corrected chi connectivity index (χ4v) is 3.55. The van der Waals surface area contributed by atoms with Crippen LogP contribution < -0.4 is 4.90 Å². The van der Waals surface area contributed by atoms with Gasteiger partial charge >= 0.3 is 23.1 Å². The summed E-state index contributed by atoms with van der Waals surface area (Å²) in [4.78, 5) is 2.04. The van der Waals surface area contributed by atoms with Gasteiger partial charge in [-0.15, -0.1) is 12.6 Å². The molecule has 1 nitrogen and oxygen atoms in total. The van der Waals surface area contributed by atoms with Gasteiger partial charge in [0.1, 0.15) is 4.32 Å². The van der Waals surface area contributed by atoms with Crippen LogP contribution in [-0.2, 0) is 0 Å². The van der Waals surface area contributed by atoms with E-state index in [1.54, 1.807) is 0 Å². The molecule has 0 saturated carbocycles. The van der Waals surface area contributed by atoms with Gasteiger partial charge in [-0.3, -0.25) is 4.90 Å². The Kier molecular flexibility index (Phi) is 5.64. The van der Waals surface area contributed by atoms with Crippen LogP contribution in [0.5, 0.6) is 0 Å². The van der Waals surface area contributed by atoms with E-state index in [2.05, 4.69) is 85.4 Å². The monoisotopic (exact) mass is 371 g/mol. The molecule has 4 rings (SSSR count). The van der Waals surface area contributed by atoms with Crippen LogP contribution in [0.2, 0.25) is 0 Å². The molecule has 0 aliphatic carbocycles. The zero-order chi connectivity index (χ0) is 16.5. The minimum Gasteiger partial charge on any atom is -1.00 e. The van der Waals surface area contributed by atoms with Gasteiger partial charge in [0.2, 0.25) is 0 Å². The second kappa shape index (κ2) is 7.75. The Labute approximate surface area is 177 Å². The summed E-state index contributed by atoms with van der Waals surface area (Å²) in [6.45, 7) is 0. The number of benzene rings is 4. The van der Waals surface area contributed by atoms with Crippen LogP contribution in [0.3, 0.4) is 0 Å². The van der Waals surface area contributed by atoms with Gasteiger partial charge in [-0.05, 0) is 22.9 Å². The molecule has 0 radical (unpaired) electrons. The van der Waals surface area contributed by atoms with Crippen molar-refractivity contribution in [3.8, 4) is 0 Å². The molecule has 25 heavy (non-hydrogen) atoms. The molecule has 0 aliphatic rings. The molecule has 0 unspecified atom stereocenters. The van der Waals surface area contributed by atoms with Crippen molar-refractivity contribution in [3.63, 3.8) is 0 Å². The second-order valence-corrected chi connectivity index (χ2v) is 6.73. The van der Waals surface area contributed by atoms with Gasteiger partial charge < -0.3 is 2.85 Å². The second-order valence-electron chi connectivity index (χ2n) is 5.61. The Hall–Kier alpha value is -1.59. The van der Waals surface area contributed by atoms with Crippen molar-refractivity contribution in [3.05, 3.63) is 84.9 Å². The third kappa shape index (κ3) is 3.40. The average Bonchev–Trinajstić information content (AvgIpc) is 2.62. The summed E-state index contributed by atoms with van der Waals surface area (Å²) in [5, 5.41) is 4.68. The summed E-state index contributed by atoms with van der Waals surface area (Å²) in [6.07, 6.45) is 0. The Morgan fingerprint density at radius 2 is 1.08 bits per heavy atom. The van der Waals surface area contributed by atoms with Crippen molar-refractivity contribution >= 4 is 85.1 Å². The largest absolute Gasteiger partial charge is 2.00 e. The smallest absolute Gasteiger partial charge is 1.00 e. The minimum atomic E-state index is 0. The molecule has 120 valence electrons. The predicted molar refractivity (Wildman–Crippen MR) is 120 cm³/mol. The summed E-state index contributed by atoms with van der Waals surface area (Å²) in [7, 11) is 0. The fraction of sp³-hybridized carbons (Fsp3) is 0. The number of rotatable bonds is 2. The van der Waals surface area contributed by atoms with Gasteiger partial charge in [-0.2, -0.15) is 0 Å². The molecule has 0 bridgehead atoms. The molecule has 0 fully saturated rings. The van der Waals surface area contributed by atoms with Gasteiger partial charge in [-0.25, -0.2) is 0 Å². The summed E-state index contributed by atoms with van der Waals surface area (Å²) in [5.41, 5.74) is 2.09. The zero-order valence-corrected chi connectivity index (χ0v) is 16.7. The standard InChI is InChI=1S/C21H15NS2.Mg.2H/c23-21(24)22(19-13-5-9-15-7-1-3-11-17(15)19)20-14-6-10-16-8-2-4-12-18(16)20;;;/h1-14H,(H,23,24);;;/q;+2;2*-1. The Balaban J connectivity index is 0.00000121. The molecule has 0 aliphatic heterocycles. The third-order valence-corrected chi connectivity index (χ3v) is 4.59. The molecular formula is C21H17MgNS2. The zero-order valence-electron chi connectivity index (χ0n) is 15.6. The number of fused-ring (bicyclic) bond motifs is 2. The van der Waals surface area contributed by atoms with E-state index in [9.17, 15) is 0 Å². The van der Waals surface area contributed by atoms with Crippen LogP contribution in [-0.4, -0.2) is 27.4 Å². The SMILES string of the molecule is S=C(S)N(c1cccc2ccccc12)c1cccc2ccccc12.[H-].[H-].[Mg+2]. The van der Waals surface area contributed by atoms with Crippen LogP contribution in [0.25, 0.3) is 21.5 Å². The maximum Gasteiger partial charge on any atom is 2.00 e. The van der Waals surface area contributed by atoms with Crippen molar-refractivity contribution in [2.24, 2.45) is 0 Å². The van der Waals surface area contributed by atoms with Crippen molar-refractivity contribution in [1.29, 1.82) is 0 Å². The summed E-state index contributed by atoms with van der Waals surface area (Å²) < 4.78 is 0.530. The van der Waals surface area contributed by atoms with E-state index >= 15 is 0 Å². The van der Waals surface area contributed by atoms with E-state index < -0.39 is 0 Å². The topological polar surface area (TPSA) is 3.24 Å². The van der Waals surface area contributed by atoms with Gasteiger partial charge in [0.15, 0.2) is 0 Å². The van der Waals surface area contributed by atoms with E-state index in [1.807, 2.05) is 17.0 Å². The molecule has 0 spiro atoms. The molecule has 4 aromatic carbocycles. The van der Waals surface area contributed by atoms with Crippen LogP contribution in [0, 0.1) is 0 Å². The first-order chi connectivity index (χ1) is 11.8. The first kappa shape index (κ1) is 18.2. The van der Waals surface area contributed by atoms with E-state index in [0.717, 1.165) is 22.1 Å². The first-order valence-corrected chi connectivity index (χ1v) is 8.60. The number of nitrogens with zero attached hydrogens (tertiary/aromatic N) is 1. The maximum absolute atomic E-state index is 5.50. The molecule has 4 heteroatoms. The van der Waals surface area contributed by atoms with Crippen LogP contribution in [0.1, 0.15) is 2.85 Å².